The summed E-state index contributed by atoms with van der Waals surface area (Å²) in [6.45, 7) is 5.50. The van der Waals surface area contributed by atoms with Crippen LogP contribution in [0.4, 0.5) is 4.39 Å². The van der Waals surface area contributed by atoms with Crippen LogP contribution in [0.1, 0.15) is 47.1 Å². The van der Waals surface area contributed by atoms with Crippen LogP contribution in [0.2, 0.25) is 0 Å². The van der Waals surface area contributed by atoms with Crippen LogP contribution in [-0.2, 0) is 28.4 Å². The Labute approximate surface area is 225 Å². The number of carbonyl (C=O) groups is 1. The van der Waals surface area contributed by atoms with Gasteiger partial charge in [-0.2, -0.15) is 4.31 Å². The van der Waals surface area contributed by atoms with Crippen LogP contribution in [0.25, 0.3) is 11.0 Å². The number of benzene rings is 3. The molecule has 39 heavy (non-hydrogen) atoms. The van der Waals surface area contributed by atoms with Crippen LogP contribution in [0.15, 0.2) is 53.4 Å². The molecule has 1 aromatic heterocycles. The van der Waals surface area contributed by atoms with Gasteiger partial charge in [-0.05, 0) is 66.8 Å². The number of aromatic nitrogens is 3. The van der Waals surface area contributed by atoms with Gasteiger partial charge in [-0.1, -0.05) is 35.5 Å². The van der Waals surface area contributed by atoms with Gasteiger partial charge in [0, 0.05) is 19.5 Å². The van der Waals surface area contributed by atoms with Crippen LogP contribution in [-0.4, -0.2) is 51.4 Å². The molecule has 2 unspecified atom stereocenters. The molecule has 0 aliphatic carbocycles. The maximum absolute atomic E-state index is 14.7. The third kappa shape index (κ3) is 4.87. The van der Waals surface area contributed by atoms with Crippen LogP contribution in [0.5, 0.6) is 5.75 Å². The van der Waals surface area contributed by atoms with Crippen molar-refractivity contribution in [1.29, 1.82) is 0 Å². The third-order valence-corrected chi connectivity index (χ3v) is 9.14. The van der Waals surface area contributed by atoms with Gasteiger partial charge in [0.2, 0.25) is 10.0 Å². The predicted octanol–water partition coefficient (Wildman–Crippen LogP) is 4.30. The lowest BCUT2D eigenvalue weighted by molar-refractivity contribution is -0.137. The number of carboxylic acids is 1. The second kappa shape index (κ2) is 10.0. The number of ether oxygens (including phenoxy) is 1. The number of hydrogen-bond donors (Lipinski definition) is 1. The Morgan fingerprint density at radius 1 is 1.21 bits per heavy atom. The average molecular weight is 553 g/mol. The van der Waals surface area contributed by atoms with Crippen LogP contribution >= 0.6 is 0 Å². The first-order chi connectivity index (χ1) is 18.5. The van der Waals surface area contributed by atoms with Crippen molar-refractivity contribution in [3.8, 4) is 5.75 Å². The summed E-state index contributed by atoms with van der Waals surface area (Å²) in [6.07, 6.45) is -0.673. The molecule has 0 fully saturated rings. The highest BCUT2D eigenvalue weighted by atomic mass is 32.2. The summed E-state index contributed by atoms with van der Waals surface area (Å²) in [5.74, 6) is -2.34. The van der Waals surface area contributed by atoms with Gasteiger partial charge in [-0.3, -0.25) is 4.79 Å². The number of halogens is 1. The molecule has 1 aliphatic heterocycles. The van der Waals surface area contributed by atoms with Gasteiger partial charge in [-0.15, -0.1) is 5.10 Å². The van der Waals surface area contributed by atoms with E-state index in [9.17, 15) is 22.7 Å². The predicted molar refractivity (Wildman–Crippen MR) is 143 cm³/mol. The van der Waals surface area contributed by atoms with Crippen molar-refractivity contribution in [1.82, 2.24) is 19.3 Å². The first-order valence-electron chi connectivity index (χ1n) is 12.5. The molecular formula is C28H29FN4O5S. The minimum atomic E-state index is -4.21. The quantitative estimate of drug-likeness (QED) is 0.379. The molecule has 9 nitrogen and oxygen atoms in total. The second-order valence-electron chi connectivity index (χ2n) is 9.99. The molecule has 2 heterocycles. The van der Waals surface area contributed by atoms with Gasteiger partial charge < -0.3 is 9.84 Å². The first-order valence-corrected chi connectivity index (χ1v) is 14.0. The highest BCUT2D eigenvalue weighted by Crippen LogP contribution is 2.36. The van der Waals surface area contributed by atoms with Crippen molar-refractivity contribution in [2.75, 3.05) is 6.54 Å². The highest BCUT2D eigenvalue weighted by molar-refractivity contribution is 7.89. The van der Waals surface area contributed by atoms with Crippen molar-refractivity contribution in [3.05, 3.63) is 82.2 Å². The Balaban J connectivity index is 1.57. The van der Waals surface area contributed by atoms with E-state index < -0.39 is 38.7 Å². The lowest BCUT2D eigenvalue weighted by Crippen LogP contribution is -2.35. The molecule has 0 radical (unpaired) electrons. The van der Waals surface area contributed by atoms with Gasteiger partial charge in [0.05, 0.1) is 18.5 Å². The van der Waals surface area contributed by atoms with E-state index in [1.54, 1.807) is 18.7 Å². The van der Waals surface area contributed by atoms with E-state index in [1.165, 1.54) is 16.4 Å². The Bertz CT molecular complexity index is 1700. The van der Waals surface area contributed by atoms with Crippen molar-refractivity contribution in [3.63, 3.8) is 0 Å². The minimum absolute atomic E-state index is 0.00752. The van der Waals surface area contributed by atoms with Gasteiger partial charge in [0.15, 0.2) is 4.90 Å². The SMILES string of the molecule is Cc1ccc(C(CC(=O)O)c2ccc3c(nnn3C)c2C)cc1CN1CC(C)Oc2cccc(F)c2S1(=O)=O. The minimum Gasteiger partial charge on any atom is -0.488 e. The summed E-state index contributed by atoms with van der Waals surface area (Å²) in [7, 11) is -2.42. The summed E-state index contributed by atoms with van der Waals surface area (Å²) in [5, 5.41) is 18.1. The summed E-state index contributed by atoms with van der Waals surface area (Å²) in [5.41, 5.74) is 5.43. The molecule has 3 aromatic carbocycles. The summed E-state index contributed by atoms with van der Waals surface area (Å²) >= 11 is 0. The lowest BCUT2D eigenvalue weighted by atomic mass is 9.84. The maximum Gasteiger partial charge on any atom is 0.304 e. The van der Waals surface area contributed by atoms with E-state index in [1.807, 2.05) is 44.2 Å². The fourth-order valence-corrected chi connectivity index (χ4v) is 6.88. The number of hydrogen-bond acceptors (Lipinski definition) is 6. The monoisotopic (exact) mass is 552 g/mol. The standard InChI is InChI=1S/C28H29FN4O5S/c1-16-8-9-19(22(13-26(34)35)21-10-11-24-27(18(21)3)30-31-32(24)4)12-20(16)15-33-14-17(2)38-25-7-5-6-23(29)28(25)39(33,36)37/h5-12,17,22H,13-15H2,1-4H3,(H,34,35). The highest BCUT2D eigenvalue weighted by Gasteiger charge is 2.36. The van der Waals surface area contributed by atoms with E-state index in [4.69, 9.17) is 4.74 Å². The van der Waals surface area contributed by atoms with Crippen molar-refractivity contribution < 1.29 is 27.4 Å². The fraction of sp³-hybridized carbons (Fsp3) is 0.321. The maximum atomic E-state index is 14.7. The Hall–Kier alpha value is -3.83. The molecule has 1 N–H and O–H groups in total. The molecule has 2 atom stereocenters. The van der Waals surface area contributed by atoms with E-state index >= 15 is 0 Å². The van der Waals surface area contributed by atoms with E-state index in [-0.39, 0.29) is 25.3 Å². The zero-order valence-corrected chi connectivity index (χ0v) is 22.9. The van der Waals surface area contributed by atoms with Crippen molar-refractivity contribution >= 4 is 27.0 Å². The molecule has 0 spiro atoms. The first kappa shape index (κ1) is 26.8. The molecule has 0 bridgehead atoms. The summed E-state index contributed by atoms with van der Waals surface area (Å²) in [6, 6.07) is 13.3. The molecular weight excluding hydrogens is 523 g/mol. The molecule has 204 valence electrons. The number of aryl methyl sites for hydroxylation is 3. The number of rotatable bonds is 6. The Kier molecular flexibility index (Phi) is 6.90. The smallest absolute Gasteiger partial charge is 0.304 e. The van der Waals surface area contributed by atoms with Gasteiger partial charge in [-0.25, -0.2) is 17.5 Å². The topological polar surface area (TPSA) is 115 Å². The van der Waals surface area contributed by atoms with Gasteiger partial charge in [0.25, 0.3) is 0 Å². The van der Waals surface area contributed by atoms with Gasteiger partial charge in [0.1, 0.15) is 23.2 Å². The number of nitrogens with zero attached hydrogens (tertiary/aromatic N) is 4. The average Bonchev–Trinajstić information content (AvgIpc) is 3.20. The van der Waals surface area contributed by atoms with Crippen LogP contribution in [0.3, 0.4) is 0 Å². The van der Waals surface area contributed by atoms with Crippen molar-refractivity contribution in [2.45, 2.75) is 50.7 Å². The fourth-order valence-electron chi connectivity index (χ4n) is 5.23. The number of fused-ring (bicyclic) bond motifs is 2. The number of sulfonamides is 1. The van der Waals surface area contributed by atoms with E-state index in [0.717, 1.165) is 33.8 Å². The summed E-state index contributed by atoms with van der Waals surface area (Å²) in [4.78, 5) is 11.5. The normalized spacial score (nSPS) is 17.8. The second-order valence-corrected chi connectivity index (χ2v) is 11.9. The zero-order valence-electron chi connectivity index (χ0n) is 22.1. The molecule has 11 heteroatoms. The largest absolute Gasteiger partial charge is 0.488 e. The van der Waals surface area contributed by atoms with Crippen LogP contribution in [0, 0.1) is 19.7 Å². The van der Waals surface area contributed by atoms with E-state index in [0.29, 0.717) is 11.1 Å². The summed E-state index contributed by atoms with van der Waals surface area (Å²) < 4.78 is 50.5. The number of aliphatic carboxylic acids is 1. The van der Waals surface area contributed by atoms with Crippen molar-refractivity contribution in [2.24, 2.45) is 7.05 Å². The van der Waals surface area contributed by atoms with Gasteiger partial charge >= 0.3 is 5.97 Å². The zero-order chi connectivity index (χ0) is 28.1. The molecule has 0 amide bonds. The molecule has 5 rings (SSSR count). The lowest BCUT2D eigenvalue weighted by Gasteiger charge is -2.24. The van der Waals surface area contributed by atoms with E-state index in [2.05, 4.69) is 10.3 Å². The number of carboxylic acid groups (broad SMARTS) is 1. The Morgan fingerprint density at radius 3 is 2.72 bits per heavy atom. The molecule has 0 saturated heterocycles. The third-order valence-electron chi connectivity index (χ3n) is 7.27. The Morgan fingerprint density at radius 2 is 1.97 bits per heavy atom. The van der Waals surface area contributed by atoms with Crippen LogP contribution < -0.4 is 4.74 Å². The molecule has 1 aliphatic rings. The molecule has 4 aromatic rings. The molecule has 0 saturated carbocycles.